The Morgan fingerprint density at radius 2 is 1.70 bits per heavy atom. The molecule has 2 heterocycles. The van der Waals surface area contributed by atoms with Crippen LogP contribution in [0.2, 0.25) is 10.0 Å². The lowest BCUT2D eigenvalue weighted by Crippen LogP contribution is -2.31. The molecule has 0 aliphatic heterocycles. The van der Waals surface area contributed by atoms with Crippen molar-refractivity contribution in [2.24, 2.45) is 0 Å². The Balaban J connectivity index is 1.67. The number of aliphatic carboxylic acids is 1. The number of carboxylic acids is 1. The largest absolute Gasteiger partial charge is 0.480 e. The number of carbonyl (C=O) groups excluding carboxylic acids is 1. The van der Waals surface area contributed by atoms with E-state index in [1.54, 1.807) is 42.6 Å². The van der Waals surface area contributed by atoms with Gasteiger partial charge in [-0.3, -0.25) is 9.78 Å². The van der Waals surface area contributed by atoms with Crippen LogP contribution in [-0.4, -0.2) is 33.0 Å². The van der Waals surface area contributed by atoms with Crippen LogP contribution in [0.3, 0.4) is 0 Å². The lowest BCUT2D eigenvalue weighted by atomic mass is 10.1. The van der Waals surface area contributed by atoms with Crippen LogP contribution in [0.1, 0.15) is 15.9 Å². The zero-order chi connectivity index (χ0) is 21.7. The molecule has 3 N–H and O–H groups in total. The second-order valence-electron chi connectivity index (χ2n) is 6.23. The molecule has 0 aliphatic rings. The summed E-state index contributed by atoms with van der Waals surface area (Å²) in [7, 11) is 0. The molecule has 3 rings (SSSR count). The van der Waals surface area contributed by atoms with E-state index in [-0.39, 0.29) is 22.0 Å². The van der Waals surface area contributed by atoms with Crippen LogP contribution in [0.25, 0.3) is 0 Å². The van der Waals surface area contributed by atoms with Crippen LogP contribution >= 0.6 is 39.1 Å². The van der Waals surface area contributed by atoms with E-state index >= 15 is 0 Å². The van der Waals surface area contributed by atoms with Gasteiger partial charge in [-0.2, -0.15) is 0 Å². The van der Waals surface area contributed by atoms with Gasteiger partial charge >= 0.3 is 5.97 Å². The van der Waals surface area contributed by atoms with E-state index in [9.17, 15) is 14.7 Å². The number of carboxylic acid groups (broad SMARTS) is 1. The fourth-order valence-corrected chi connectivity index (χ4v) is 3.39. The molecule has 7 nitrogen and oxygen atoms in total. The summed E-state index contributed by atoms with van der Waals surface area (Å²) in [5.74, 6) is -1.01. The Hall–Kier alpha value is -2.68. The second kappa shape index (κ2) is 9.88. The van der Waals surface area contributed by atoms with Crippen molar-refractivity contribution in [2.45, 2.75) is 12.5 Å². The first-order valence-electron chi connectivity index (χ1n) is 8.63. The van der Waals surface area contributed by atoms with E-state index in [4.69, 9.17) is 23.2 Å². The third-order valence-corrected chi connectivity index (χ3v) is 5.12. The maximum Gasteiger partial charge on any atom is 0.326 e. The van der Waals surface area contributed by atoms with Gasteiger partial charge < -0.3 is 15.7 Å². The Labute approximate surface area is 190 Å². The van der Waals surface area contributed by atoms with Gasteiger partial charge in [0.2, 0.25) is 0 Å². The average Bonchev–Trinajstić information content (AvgIpc) is 2.70. The van der Waals surface area contributed by atoms with Crippen molar-refractivity contribution in [1.29, 1.82) is 0 Å². The van der Waals surface area contributed by atoms with E-state index in [2.05, 4.69) is 36.5 Å². The predicted octanol–water partition coefficient (Wildman–Crippen LogP) is 4.91. The summed E-state index contributed by atoms with van der Waals surface area (Å²) in [6.07, 6.45) is 4.49. The van der Waals surface area contributed by atoms with E-state index in [1.165, 1.54) is 12.4 Å². The molecule has 1 atom stereocenters. The number of benzene rings is 1. The summed E-state index contributed by atoms with van der Waals surface area (Å²) in [4.78, 5) is 32.0. The van der Waals surface area contributed by atoms with Crippen LogP contribution < -0.4 is 10.6 Å². The van der Waals surface area contributed by atoms with Crippen LogP contribution in [0.15, 0.2) is 59.5 Å². The second-order valence-corrected chi connectivity index (χ2v) is 7.96. The highest BCUT2D eigenvalue weighted by atomic mass is 79.9. The molecule has 0 saturated heterocycles. The molecule has 2 aromatic heterocycles. The van der Waals surface area contributed by atoms with Crippen LogP contribution in [0.4, 0.5) is 11.5 Å². The number of amides is 1. The summed E-state index contributed by atoms with van der Waals surface area (Å²) in [5, 5.41) is 15.4. The normalized spacial score (nSPS) is 11.6. The molecule has 154 valence electrons. The molecule has 3 aromatic rings. The van der Waals surface area contributed by atoms with Gasteiger partial charge in [0.05, 0.1) is 15.6 Å². The molecule has 0 saturated carbocycles. The number of aromatic nitrogens is 2. The first-order chi connectivity index (χ1) is 14.3. The Bertz CT molecular complexity index is 1040. The minimum Gasteiger partial charge on any atom is -0.480 e. The summed E-state index contributed by atoms with van der Waals surface area (Å²) in [6.45, 7) is 0. The number of rotatable bonds is 7. The van der Waals surface area contributed by atoms with Gasteiger partial charge in [0.15, 0.2) is 0 Å². The molecule has 0 bridgehead atoms. The molecule has 1 unspecified atom stereocenters. The van der Waals surface area contributed by atoms with Crippen molar-refractivity contribution >= 4 is 62.5 Å². The Kier molecular flexibility index (Phi) is 7.25. The number of hydrogen-bond donors (Lipinski definition) is 3. The highest BCUT2D eigenvalue weighted by Crippen LogP contribution is 2.24. The third-order valence-electron chi connectivity index (χ3n) is 4.08. The standard InChI is InChI=1S/C20H15BrCl2N4O3/c21-12-3-6-17(25-8-12)27-16(20(29)30)7-11-1-4-13(5-2-11)26-19(28)18-14(22)9-24-10-15(18)23/h1-6,8-10,16H,7H2,(H,25,27)(H,26,28)(H,29,30). The maximum atomic E-state index is 12.4. The van der Waals surface area contributed by atoms with Crippen molar-refractivity contribution in [3.63, 3.8) is 0 Å². The minimum atomic E-state index is -1.00. The quantitative estimate of drug-likeness (QED) is 0.418. The number of nitrogens with one attached hydrogen (secondary N) is 2. The van der Waals surface area contributed by atoms with Gasteiger partial charge in [0, 0.05) is 35.2 Å². The van der Waals surface area contributed by atoms with E-state index in [0.717, 1.165) is 10.0 Å². The lowest BCUT2D eigenvalue weighted by molar-refractivity contribution is -0.137. The Morgan fingerprint density at radius 1 is 1.03 bits per heavy atom. The molecule has 0 spiro atoms. The maximum absolute atomic E-state index is 12.4. The van der Waals surface area contributed by atoms with Crippen LogP contribution in [0, 0.1) is 0 Å². The average molecular weight is 510 g/mol. The number of hydrogen-bond acceptors (Lipinski definition) is 5. The van der Waals surface area contributed by atoms with Gasteiger partial charge in [-0.15, -0.1) is 0 Å². The zero-order valence-electron chi connectivity index (χ0n) is 15.3. The first kappa shape index (κ1) is 22.0. The van der Waals surface area contributed by atoms with Gasteiger partial charge in [-0.25, -0.2) is 9.78 Å². The van der Waals surface area contributed by atoms with Crippen molar-refractivity contribution in [3.05, 3.63) is 80.6 Å². The molecule has 1 amide bonds. The first-order valence-corrected chi connectivity index (χ1v) is 10.2. The monoisotopic (exact) mass is 508 g/mol. The van der Waals surface area contributed by atoms with Crippen LogP contribution in [0.5, 0.6) is 0 Å². The molecule has 0 aliphatic carbocycles. The van der Waals surface area contributed by atoms with Gasteiger partial charge in [-0.1, -0.05) is 35.3 Å². The number of carbonyl (C=O) groups is 2. The molecule has 10 heteroatoms. The highest BCUT2D eigenvalue weighted by Gasteiger charge is 2.19. The molecule has 0 radical (unpaired) electrons. The number of anilines is 2. The molecular formula is C20H15BrCl2N4O3. The summed E-state index contributed by atoms with van der Waals surface area (Å²) >= 11 is 15.3. The van der Waals surface area contributed by atoms with Gasteiger partial charge in [0.25, 0.3) is 5.91 Å². The smallest absolute Gasteiger partial charge is 0.326 e. The summed E-state index contributed by atoms with van der Waals surface area (Å²) in [5.41, 5.74) is 1.42. The number of pyridine rings is 2. The molecule has 0 fully saturated rings. The van der Waals surface area contributed by atoms with E-state index in [1.807, 2.05) is 0 Å². The summed E-state index contributed by atoms with van der Waals surface area (Å²) < 4.78 is 0.798. The van der Waals surface area contributed by atoms with Crippen LogP contribution in [-0.2, 0) is 11.2 Å². The Morgan fingerprint density at radius 3 is 2.27 bits per heavy atom. The van der Waals surface area contributed by atoms with Gasteiger partial charge in [-0.05, 0) is 45.8 Å². The van der Waals surface area contributed by atoms with E-state index in [0.29, 0.717) is 11.5 Å². The minimum absolute atomic E-state index is 0.134. The van der Waals surface area contributed by atoms with Crippen molar-refractivity contribution in [2.75, 3.05) is 10.6 Å². The summed E-state index contributed by atoms with van der Waals surface area (Å²) in [6, 6.07) is 9.41. The topological polar surface area (TPSA) is 104 Å². The van der Waals surface area contributed by atoms with E-state index < -0.39 is 17.9 Å². The fourth-order valence-electron chi connectivity index (χ4n) is 2.62. The third kappa shape index (κ3) is 5.69. The lowest BCUT2D eigenvalue weighted by Gasteiger charge is -2.15. The van der Waals surface area contributed by atoms with Crippen molar-refractivity contribution < 1.29 is 14.7 Å². The fraction of sp³-hybridized carbons (Fsp3) is 0.100. The molecule has 1 aromatic carbocycles. The van der Waals surface area contributed by atoms with Crippen molar-refractivity contribution in [1.82, 2.24) is 9.97 Å². The molecule has 30 heavy (non-hydrogen) atoms. The SMILES string of the molecule is O=C(Nc1ccc(CC(Nc2ccc(Br)cn2)C(=O)O)cc1)c1c(Cl)cncc1Cl. The van der Waals surface area contributed by atoms with Gasteiger partial charge in [0.1, 0.15) is 11.9 Å². The highest BCUT2D eigenvalue weighted by molar-refractivity contribution is 9.10. The molecular weight excluding hydrogens is 495 g/mol. The van der Waals surface area contributed by atoms with Crippen molar-refractivity contribution in [3.8, 4) is 0 Å². The zero-order valence-corrected chi connectivity index (χ0v) is 18.4. The number of nitrogens with zero attached hydrogens (tertiary/aromatic N) is 2. The predicted molar refractivity (Wildman–Crippen MR) is 119 cm³/mol. The number of halogens is 3.